The van der Waals surface area contributed by atoms with Crippen molar-refractivity contribution in [3.63, 3.8) is 0 Å². The molecule has 0 fully saturated rings. The number of carboxylic acid groups (broad SMARTS) is 1. The number of nitrogens with zero attached hydrogens (tertiary/aromatic N) is 2. The van der Waals surface area contributed by atoms with E-state index in [4.69, 9.17) is 5.11 Å². The number of likely N-dealkylation sites (N-methyl/N-ethyl adjacent to an activating group) is 2. The predicted octanol–water partition coefficient (Wildman–Crippen LogP) is 0.766. The third-order valence-corrected chi connectivity index (χ3v) is 2.86. The van der Waals surface area contributed by atoms with Crippen LogP contribution in [0.15, 0.2) is 30.3 Å². The fourth-order valence-corrected chi connectivity index (χ4v) is 1.75. The van der Waals surface area contributed by atoms with Gasteiger partial charge in [-0.3, -0.25) is 14.5 Å². The molecular formula is C14H19N3O4. The first-order chi connectivity index (χ1) is 9.99. The van der Waals surface area contributed by atoms with Crippen LogP contribution in [0.1, 0.15) is 6.92 Å². The standard InChI is InChI=1S/C14H19N3O4/c1-3-16(9-12(18)15-2)14(21)17(10-13(19)20)11-7-5-4-6-8-11/h4-8H,3,9-10H2,1-2H3,(H,15,18)(H,19,20). The molecule has 1 aromatic carbocycles. The van der Waals surface area contributed by atoms with E-state index in [1.54, 1.807) is 37.3 Å². The van der Waals surface area contributed by atoms with Crippen molar-refractivity contribution >= 4 is 23.6 Å². The number of rotatable bonds is 6. The van der Waals surface area contributed by atoms with Crippen LogP contribution >= 0.6 is 0 Å². The Morgan fingerprint density at radius 2 is 1.76 bits per heavy atom. The average Bonchev–Trinajstić information content (AvgIpc) is 2.50. The molecule has 0 aliphatic carbocycles. The maximum atomic E-state index is 12.5. The van der Waals surface area contributed by atoms with Gasteiger partial charge in [0.2, 0.25) is 5.91 Å². The lowest BCUT2D eigenvalue weighted by molar-refractivity contribution is -0.135. The van der Waals surface area contributed by atoms with Crippen LogP contribution in [0.25, 0.3) is 0 Å². The molecule has 0 bridgehead atoms. The zero-order valence-corrected chi connectivity index (χ0v) is 12.1. The molecule has 0 spiro atoms. The van der Waals surface area contributed by atoms with Crippen molar-refractivity contribution in [1.82, 2.24) is 10.2 Å². The van der Waals surface area contributed by atoms with Gasteiger partial charge in [-0.05, 0) is 19.1 Å². The summed E-state index contributed by atoms with van der Waals surface area (Å²) in [5, 5.41) is 11.4. The molecule has 7 nitrogen and oxygen atoms in total. The number of urea groups is 1. The monoisotopic (exact) mass is 293 g/mol. The van der Waals surface area contributed by atoms with Gasteiger partial charge < -0.3 is 15.3 Å². The number of para-hydroxylation sites is 1. The van der Waals surface area contributed by atoms with Gasteiger partial charge >= 0.3 is 12.0 Å². The highest BCUT2D eigenvalue weighted by Gasteiger charge is 2.24. The number of benzene rings is 1. The molecule has 0 heterocycles. The van der Waals surface area contributed by atoms with Crippen LogP contribution in [0.5, 0.6) is 0 Å². The summed E-state index contributed by atoms with van der Waals surface area (Å²) in [6.45, 7) is 1.45. The molecule has 7 heteroatoms. The number of hydrogen-bond acceptors (Lipinski definition) is 3. The van der Waals surface area contributed by atoms with Crippen LogP contribution < -0.4 is 10.2 Å². The van der Waals surface area contributed by atoms with Crippen LogP contribution in [0.4, 0.5) is 10.5 Å². The maximum Gasteiger partial charge on any atom is 0.325 e. The molecule has 2 N–H and O–H groups in total. The summed E-state index contributed by atoms with van der Waals surface area (Å²) in [4.78, 5) is 37.3. The predicted molar refractivity (Wildman–Crippen MR) is 78.1 cm³/mol. The van der Waals surface area contributed by atoms with E-state index in [9.17, 15) is 14.4 Å². The number of nitrogens with one attached hydrogen (secondary N) is 1. The number of aliphatic carboxylic acids is 1. The molecule has 0 aliphatic heterocycles. The van der Waals surface area contributed by atoms with Crippen LogP contribution in [-0.4, -0.2) is 54.6 Å². The van der Waals surface area contributed by atoms with Crippen LogP contribution in [-0.2, 0) is 9.59 Å². The molecule has 0 aromatic heterocycles. The Hall–Kier alpha value is -2.57. The van der Waals surface area contributed by atoms with Gasteiger partial charge in [-0.2, -0.15) is 0 Å². The van der Waals surface area contributed by atoms with E-state index < -0.39 is 18.5 Å². The highest BCUT2D eigenvalue weighted by molar-refractivity contribution is 5.97. The molecule has 0 aliphatic rings. The molecule has 0 unspecified atom stereocenters. The Balaban J connectivity index is 2.98. The minimum Gasteiger partial charge on any atom is -0.480 e. The average molecular weight is 293 g/mol. The number of carboxylic acids is 1. The third-order valence-electron chi connectivity index (χ3n) is 2.86. The number of carbonyl (C=O) groups excluding carboxylic acids is 2. The van der Waals surface area contributed by atoms with E-state index >= 15 is 0 Å². The highest BCUT2D eigenvalue weighted by Crippen LogP contribution is 2.15. The normalized spacial score (nSPS) is 9.81. The van der Waals surface area contributed by atoms with Crippen molar-refractivity contribution in [1.29, 1.82) is 0 Å². The SMILES string of the molecule is CCN(CC(=O)NC)C(=O)N(CC(=O)O)c1ccccc1. The first-order valence-electron chi connectivity index (χ1n) is 6.53. The topological polar surface area (TPSA) is 90.0 Å². The van der Waals surface area contributed by atoms with E-state index in [-0.39, 0.29) is 12.5 Å². The highest BCUT2D eigenvalue weighted by atomic mass is 16.4. The fourth-order valence-electron chi connectivity index (χ4n) is 1.75. The largest absolute Gasteiger partial charge is 0.480 e. The lowest BCUT2D eigenvalue weighted by Gasteiger charge is -2.28. The van der Waals surface area contributed by atoms with Gasteiger partial charge in [-0.25, -0.2) is 4.79 Å². The zero-order valence-electron chi connectivity index (χ0n) is 12.1. The molecule has 0 radical (unpaired) electrons. The van der Waals surface area contributed by atoms with E-state index in [0.717, 1.165) is 4.90 Å². The molecular weight excluding hydrogens is 274 g/mol. The lowest BCUT2D eigenvalue weighted by atomic mass is 10.3. The van der Waals surface area contributed by atoms with Gasteiger partial charge in [0, 0.05) is 19.3 Å². The number of anilines is 1. The van der Waals surface area contributed by atoms with Gasteiger partial charge in [0.15, 0.2) is 0 Å². The molecule has 0 saturated heterocycles. The van der Waals surface area contributed by atoms with Gasteiger partial charge in [0.1, 0.15) is 13.1 Å². The maximum absolute atomic E-state index is 12.5. The van der Waals surface area contributed by atoms with Gasteiger partial charge in [-0.15, -0.1) is 0 Å². The second kappa shape index (κ2) is 7.88. The summed E-state index contributed by atoms with van der Waals surface area (Å²) in [7, 11) is 1.48. The molecule has 0 atom stereocenters. The Morgan fingerprint density at radius 3 is 2.24 bits per heavy atom. The van der Waals surface area contributed by atoms with Gasteiger partial charge in [0.25, 0.3) is 0 Å². The van der Waals surface area contributed by atoms with Gasteiger partial charge in [-0.1, -0.05) is 18.2 Å². The third kappa shape index (κ3) is 4.79. The second-order valence-electron chi connectivity index (χ2n) is 4.29. The van der Waals surface area contributed by atoms with Crippen molar-refractivity contribution in [3.8, 4) is 0 Å². The van der Waals surface area contributed by atoms with Crippen molar-refractivity contribution in [2.75, 3.05) is 31.6 Å². The molecule has 1 rings (SSSR count). The number of hydrogen-bond donors (Lipinski definition) is 2. The summed E-state index contributed by atoms with van der Waals surface area (Å²) in [5.74, 6) is -1.43. The van der Waals surface area contributed by atoms with Crippen LogP contribution in [0.3, 0.4) is 0 Å². The van der Waals surface area contributed by atoms with Crippen LogP contribution in [0.2, 0.25) is 0 Å². The van der Waals surface area contributed by atoms with Crippen molar-refractivity contribution in [2.45, 2.75) is 6.92 Å². The van der Waals surface area contributed by atoms with E-state index in [1.807, 2.05) is 0 Å². The summed E-state index contributed by atoms with van der Waals surface area (Å²) in [6.07, 6.45) is 0. The summed E-state index contributed by atoms with van der Waals surface area (Å²) in [6, 6.07) is 7.98. The van der Waals surface area contributed by atoms with E-state index in [2.05, 4.69) is 5.32 Å². The molecule has 3 amide bonds. The van der Waals surface area contributed by atoms with Gasteiger partial charge in [0.05, 0.1) is 0 Å². The number of carbonyl (C=O) groups is 3. The smallest absolute Gasteiger partial charge is 0.325 e. The summed E-state index contributed by atoms with van der Waals surface area (Å²) < 4.78 is 0. The van der Waals surface area contributed by atoms with Crippen molar-refractivity contribution in [3.05, 3.63) is 30.3 Å². The molecule has 114 valence electrons. The summed E-state index contributed by atoms with van der Waals surface area (Å²) >= 11 is 0. The van der Waals surface area contributed by atoms with Crippen molar-refractivity contribution < 1.29 is 19.5 Å². The Bertz CT molecular complexity index is 504. The Kier molecular flexibility index (Phi) is 6.19. The van der Waals surface area contributed by atoms with E-state index in [1.165, 1.54) is 11.9 Å². The fraction of sp³-hybridized carbons (Fsp3) is 0.357. The molecule has 1 aromatic rings. The number of amides is 3. The first kappa shape index (κ1) is 16.5. The second-order valence-corrected chi connectivity index (χ2v) is 4.29. The Morgan fingerprint density at radius 1 is 1.14 bits per heavy atom. The first-order valence-corrected chi connectivity index (χ1v) is 6.53. The van der Waals surface area contributed by atoms with E-state index in [0.29, 0.717) is 12.2 Å². The Labute approximate surface area is 123 Å². The molecule has 0 saturated carbocycles. The minimum atomic E-state index is -1.12. The van der Waals surface area contributed by atoms with Crippen molar-refractivity contribution in [2.24, 2.45) is 0 Å². The quantitative estimate of drug-likeness (QED) is 0.810. The summed E-state index contributed by atoms with van der Waals surface area (Å²) in [5.41, 5.74) is 0.472. The zero-order chi connectivity index (χ0) is 15.8. The molecule has 21 heavy (non-hydrogen) atoms. The van der Waals surface area contributed by atoms with Crippen LogP contribution in [0, 0.1) is 0 Å². The minimum absolute atomic E-state index is 0.116. The lowest BCUT2D eigenvalue weighted by Crippen LogP contribution is -2.48.